The first-order valence-corrected chi connectivity index (χ1v) is 6.80. The minimum Gasteiger partial charge on any atom is -0.494 e. The van der Waals surface area contributed by atoms with Crippen LogP contribution in [0.3, 0.4) is 0 Å². The zero-order valence-electron chi connectivity index (χ0n) is 12.4. The molecule has 0 saturated heterocycles. The van der Waals surface area contributed by atoms with E-state index < -0.39 is 0 Å². The molecule has 0 aliphatic rings. The van der Waals surface area contributed by atoms with Crippen LogP contribution in [0.2, 0.25) is 0 Å². The molecule has 0 bridgehead atoms. The van der Waals surface area contributed by atoms with Crippen molar-refractivity contribution in [2.45, 2.75) is 45.7 Å². The third-order valence-electron chi connectivity index (χ3n) is 2.74. The lowest BCUT2D eigenvalue weighted by molar-refractivity contribution is -0.122. The lowest BCUT2D eigenvalue weighted by Crippen LogP contribution is -2.31. The summed E-state index contributed by atoms with van der Waals surface area (Å²) in [5, 5.41) is 2.93. The molecule has 0 fully saturated rings. The van der Waals surface area contributed by atoms with Gasteiger partial charge in [-0.15, -0.1) is 12.4 Å². The van der Waals surface area contributed by atoms with Crippen LogP contribution in [0.4, 0.5) is 0 Å². The summed E-state index contributed by atoms with van der Waals surface area (Å²) in [7, 11) is 0. The molecule has 0 aliphatic carbocycles. The summed E-state index contributed by atoms with van der Waals surface area (Å²) < 4.78 is 5.52. The first kappa shape index (κ1) is 18.7. The highest BCUT2D eigenvalue weighted by Crippen LogP contribution is 2.17. The molecule has 1 aromatic rings. The van der Waals surface area contributed by atoms with Gasteiger partial charge >= 0.3 is 0 Å². The van der Waals surface area contributed by atoms with E-state index in [1.54, 1.807) is 0 Å². The predicted molar refractivity (Wildman–Crippen MR) is 84.3 cm³/mol. The zero-order valence-corrected chi connectivity index (χ0v) is 13.2. The number of halogens is 1. The molecule has 0 spiro atoms. The van der Waals surface area contributed by atoms with Crippen molar-refractivity contribution in [1.29, 1.82) is 0 Å². The highest BCUT2D eigenvalue weighted by Gasteiger charge is 2.10. The van der Waals surface area contributed by atoms with E-state index in [1.165, 1.54) is 0 Å². The quantitative estimate of drug-likeness (QED) is 0.814. The molecule has 2 atom stereocenters. The van der Waals surface area contributed by atoms with Crippen LogP contribution in [0, 0.1) is 0 Å². The van der Waals surface area contributed by atoms with Crippen molar-refractivity contribution in [1.82, 2.24) is 5.32 Å². The average Bonchev–Trinajstić information content (AvgIpc) is 2.35. The zero-order chi connectivity index (χ0) is 14.3. The van der Waals surface area contributed by atoms with E-state index in [-0.39, 0.29) is 30.4 Å². The molecule has 0 saturated carbocycles. The van der Waals surface area contributed by atoms with Crippen molar-refractivity contribution in [2.75, 3.05) is 6.61 Å². The SMILES string of the molecule is CCCOc1ccc(C(C)NC(=O)CC(C)N)cc1.Cl. The van der Waals surface area contributed by atoms with Crippen LogP contribution < -0.4 is 15.8 Å². The van der Waals surface area contributed by atoms with Crippen LogP contribution in [-0.2, 0) is 4.79 Å². The number of benzene rings is 1. The van der Waals surface area contributed by atoms with Gasteiger partial charge in [0.05, 0.1) is 12.6 Å². The van der Waals surface area contributed by atoms with E-state index in [0.29, 0.717) is 6.42 Å². The molecule has 1 aromatic carbocycles. The highest BCUT2D eigenvalue weighted by atomic mass is 35.5. The Kier molecular flexibility index (Phi) is 9.01. The monoisotopic (exact) mass is 300 g/mol. The van der Waals surface area contributed by atoms with Gasteiger partial charge in [0.15, 0.2) is 0 Å². The van der Waals surface area contributed by atoms with Gasteiger partial charge in [-0.25, -0.2) is 0 Å². The molecule has 1 rings (SSSR count). The second kappa shape index (κ2) is 9.61. The summed E-state index contributed by atoms with van der Waals surface area (Å²) in [6.07, 6.45) is 1.34. The molecule has 0 aliphatic heterocycles. The van der Waals surface area contributed by atoms with Gasteiger partial charge in [-0.3, -0.25) is 4.79 Å². The maximum Gasteiger partial charge on any atom is 0.222 e. The first-order valence-electron chi connectivity index (χ1n) is 6.80. The number of amides is 1. The van der Waals surface area contributed by atoms with Crippen LogP contribution in [0.25, 0.3) is 0 Å². The third-order valence-corrected chi connectivity index (χ3v) is 2.74. The van der Waals surface area contributed by atoms with Gasteiger partial charge in [-0.05, 0) is 38.0 Å². The van der Waals surface area contributed by atoms with Gasteiger partial charge in [0.2, 0.25) is 5.91 Å². The van der Waals surface area contributed by atoms with E-state index in [2.05, 4.69) is 12.2 Å². The molecule has 4 nitrogen and oxygen atoms in total. The fourth-order valence-corrected chi connectivity index (χ4v) is 1.75. The average molecular weight is 301 g/mol. The molecule has 0 heterocycles. The minimum atomic E-state index is -0.114. The Morgan fingerprint density at radius 2 is 1.90 bits per heavy atom. The number of carbonyl (C=O) groups is 1. The van der Waals surface area contributed by atoms with Crippen molar-refractivity contribution < 1.29 is 9.53 Å². The van der Waals surface area contributed by atoms with Crippen molar-refractivity contribution in [3.8, 4) is 5.75 Å². The van der Waals surface area contributed by atoms with Crippen molar-refractivity contribution in [3.63, 3.8) is 0 Å². The number of nitrogens with one attached hydrogen (secondary N) is 1. The Hall–Kier alpha value is -1.26. The third kappa shape index (κ3) is 6.78. The summed E-state index contributed by atoms with van der Waals surface area (Å²) >= 11 is 0. The Balaban J connectivity index is 0.00000361. The van der Waals surface area contributed by atoms with E-state index in [1.807, 2.05) is 38.1 Å². The highest BCUT2D eigenvalue weighted by molar-refractivity contribution is 5.85. The maximum absolute atomic E-state index is 11.6. The standard InChI is InChI=1S/C15H24N2O2.ClH/c1-4-9-19-14-7-5-13(6-8-14)12(3)17-15(18)10-11(2)16;/h5-8,11-12H,4,9-10,16H2,1-3H3,(H,17,18);1H. The molecule has 114 valence electrons. The minimum absolute atomic E-state index is 0. The fraction of sp³-hybridized carbons (Fsp3) is 0.533. The molecule has 0 radical (unpaired) electrons. The summed E-state index contributed by atoms with van der Waals surface area (Å²) in [5.41, 5.74) is 6.65. The largest absolute Gasteiger partial charge is 0.494 e. The van der Waals surface area contributed by atoms with Crippen molar-refractivity contribution in [2.24, 2.45) is 5.73 Å². The second-order valence-electron chi connectivity index (χ2n) is 4.89. The normalized spacial score (nSPS) is 13.0. The van der Waals surface area contributed by atoms with Crippen LogP contribution in [0.15, 0.2) is 24.3 Å². The lowest BCUT2D eigenvalue weighted by Gasteiger charge is -2.15. The second-order valence-corrected chi connectivity index (χ2v) is 4.89. The van der Waals surface area contributed by atoms with E-state index >= 15 is 0 Å². The smallest absolute Gasteiger partial charge is 0.222 e. The van der Waals surface area contributed by atoms with E-state index in [4.69, 9.17) is 10.5 Å². The molecule has 1 amide bonds. The number of carbonyl (C=O) groups excluding carboxylic acids is 1. The van der Waals surface area contributed by atoms with Gasteiger partial charge in [0.25, 0.3) is 0 Å². The Morgan fingerprint density at radius 3 is 2.40 bits per heavy atom. The van der Waals surface area contributed by atoms with Crippen LogP contribution in [-0.4, -0.2) is 18.6 Å². The maximum atomic E-state index is 11.6. The number of hydrogen-bond donors (Lipinski definition) is 2. The molecule has 20 heavy (non-hydrogen) atoms. The molecule has 3 N–H and O–H groups in total. The fourth-order valence-electron chi connectivity index (χ4n) is 1.75. The van der Waals surface area contributed by atoms with Crippen LogP contribution >= 0.6 is 12.4 Å². The van der Waals surface area contributed by atoms with Crippen LogP contribution in [0.5, 0.6) is 5.75 Å². The number of hydrogen-bond acceptors (Lipinski definition) is 3. The molecular formula is C15H25ClN2O2. The molecule has 5 heteroatoms. The molecule has 0 aromatic heterocycles. The summed E-state index contributed by atoms with van der Waals surface area (Å²) in [6, 6.07) is 7.67. The topological polar surface area (TPSA) is 64.3 Å². The van der Waals surface area contributed by atoms with E-state index in [0.717, 1.165) is 24.3 Å². The number of ether oxygens (including phenoxy) is 1. The number of nitrogens with two attached hydrogens (primary N) is 1. The van der Waals surface area contributed by atoms with Crippen molar-refractivity contribution >= 4 is 18.3 Å². The van der Waals surface area contributed by atoms with Gasteiger partial charge in [-0.2, -0.15) is 0 Å². The lowest BCUT2D eigenvalue weighted by atomic mass is 10.1. The Morgan fingerprint density at radius 1 is 1.30 bits per heavy atom. The summed E-state index contributed by atoms with van der Waals surface area (Å²) in [6.45, 7) is 6.58. The summed E-state index contributed by atoms with van der Waals surface area (Å²) in [4.78, 5) is 11.6. The van der Waals surface area contributed by atoms with Gasteiger partial charge in [-0.1, -0.05) is 19.1 Å². The predicted octanol–water partition coefficient (Wildman–Crippen LogP) is 2.81. The van der Waals surface area contributed by atoms with Crippen LogP contribution in [0.1, 0.15) is 45.2 Å². The van der Waals surface area contributed by atoms with Gasteiger partial charge in [0.1, 0.15) is 5.75 Å². The first-order chi connectivity index (χ1) is 9.02. The Labute approximate surface area is 127 Å². The molecular weight excluding hydrogens is 276 g/mol. The molecule has 2 unspecified atom stereocenters. The summed E-state index contributed by atoms with van der Waals surface area (Å²) in [5.74, 6) is 0.841. The Bertz CT molecular complexity index is 393. The van der Waals surface area contributed by atoms with Gasteiger partial charge < -0.3 is 15.8 Å². The van der Waals surface area contributed by atoms with Crippen molar-refractivity contribution in [3.05, 3.63) is 29.8 Å². The van der Waals surface area contributed by atoms with Gasteiger partial charge in [0, 0.05) is 12.5 Å². The van der Waals surface area contributed by atoms with E-state index in [9.17, 15) is 4.79 Å². The number of rotatable bonds is 7.